The second-order valence-corrected chi connectivity index (χ2v) is 7.16. The van der Waals surface area contributed by atoms with Gasteiger partial charge in [0.1, 0.15) is 0 Å². The highest BCUT2D eigenvalue weighted by molar-refractivity contribution is 7.92. The molecule has 0 radical (unpaired) electrons. The minimum absolute atomic E-state index is 0.110. The average molecular weight is 278 g/mol. The Labute approximate surface area is 111 Å². The molecule has 5 nitrogen and oxygen atoms in total. The van der Waals surface area contributed by atoms with Crippen molar-refractivity contribution in [2.45, 2.75) is 39.4 Å². The minimum atomic E-state index is -2.98. The second-order valence-electron chi connectivity index (χ2n) is 4.48. The third kappa shape index (κ3) is 6.35. The fourth-order valence-corrected chi connectivity index (χ4v) is 2.41. The molecule has 0 aromatic heterocycles. The third-order valence-corrected chi connectivity index (χ3v) is 5.12. The highest BCUT2D eigenvalue weighted by atomic mass is 32.2. The van der Waals surface area contributed by atoms with E-state index in [0.717, 1.165) is 13.1 Å². The van der Waals surface area contributed by atoms with E-state index >= 15 is 0 Å². The average Bonchev–Trinajstić information content (AvgIpc) is 2.29. The van der Waals surface area contributed by atoms with Crippen LogP contribution in [0.3, 0.4) is 0 Å². The summed E-state index contributed by atoms with van der Waals surface area (Å²) in [4.78, 5) is 13.4. The number of nitrogens with zero attached hydrogens (tertiary/aromatic N) is 1. The molecular formula is C12H26N2O3S. The van der Waals surface area contributed by atoms with Gasteiger partial charge in [-0.15, -0.1) is 0 Å². The number of hydrogen-bond acceptors (Lipinski definition) is 4. The number of sulfone groups is 1. The molecule has 0 saturated heterocycles. The van der Waals surface area contributed by atoms with E-state index in [9.17, 15) is 13.2 Å². The minimum Gasteiger partial charge on any atom is -0.343 e. The molecule has 1 N–H and O–H groups in total. The summed E-state index contributed by atoms with van der Waals surface area (Å²) in [5.41, 5.74) is 0. The number of carbonyl (C=O) groups excluding carboxylic acids is 1. The second kappa shape index (κ2) is 8.48. The van der Waals surface area contributed by atoms with Crippen molar-refractivity contribution in [3.8, 4) is 0 Å². The molecule has 0 aromatic rings. The van der Waals surface area contributed by atoms with Gasteiger partial charge in [0.15, 0.2) is 9.84 Å². The van der Waals surface area contributed by atoms with Gasteiger partial charge in [-0.25, -0.2) is 8.42 Å². The number of hydrogen-bond donors (Lipinski definition) is 1. The monoisotopic (exact) mass is 278 g/mol. The molecule has 0 unspecified atom stereocenters. The van der Waals surface area contributed by atoms with Crippen molar-refractivity contribution in [1.82, 2.24) is 10.2 Å². The molecule has 0 rings (SSSR count). The quantitative estimate of drug-likeness (QED) is 0.629. The maximum Gasteiger partial charge on any atom is 0.223 e. The molecule has 6 heteroatoms. The molecule has 0 atom stereocenters. The molecule has 18 heavy (non-hydrogen) atoms. The Bertz CT molecular complexity index is 335. The van der Waals surface area contributed by atoms with Crippen LogP contribution in [0.1, 0.15) is 34.1 Å². The smallest absolute Gasteiger partial charge is 0.223 e. The lowest BCUT2D eigenvalue weighted by Gasteiger charge is -2.18. The maximum absolute atomic E-state index is 11.6. The molecule has 0 aliphatic rings. The van der Waals surface area contributed by atoms with Gasteiger partial charge in [-0.05, 0) is 27.7 Å². The topological polar surface area (TPSA) is 66.5 Å². The molecule has 0 aliphatic carbocycles. The fraction of sp³-hybridized carbons (Fsp3) is 0.917. The zero-order chi connectivity index (χ0) is 14.2. The van der Waals surface area contributed by atoms with Crippen molar-refractivity contribution >= 4 is 15.7 Å². The molecule has 0 bridgehead atoms. The standard InChI is InChI=1S/C12H26N2O3S/c1-5-14(6-2)12(15)7-8-13-9-10-18(16,17)11(3)4/h11,13H,5-10H2,1-4H3. The van der Waals surface area contributed by atoms with E-state index in [1.807, 2.05) is 13.8 Å². The lowest BCUT2D eigenvalue weighted by Crippen LogP contribution is -2.34. The Morgan fingerprint density at radius 1 is 1.17 bits per heavy atom. The first kappa shape index (κ1) is 17.4. The predicted molar refractivity (Wildman–Crippen MR) is 74.3 cm³/mol. The van der Waals surface area contributed by atoms with Crippen molar-refractivity contribution in [1.29, 1.82) is 0 Å². The van der Waals surface area contributed by atoms with E-state index in [-0.39, 0.29) is 16.9 Å². The van der Waals surface area contributed by atoms with E-state index in [1.54, 1.807) is 18.7 Å². The lowest BCUT2D eigenvalue weighted by atomic mass is 10.3. The summed E-state index contributed by atoms with van der Waals surface area (Å²) in [6, 6.07) is 0. The summed E-state index contributed by atoms with van der Waals surface area (Å²) < 4.78 is 23.0. The highest BCUT2D eigenvalue weighted by Gasteiger charge is 2.15. The van der Waals surface area contributed by atoms with E-state index in [0.29, 0.717) is 19.5 Å². The zero-order valence-corrected chi connectivity index (χ0v) is 12.7. The first-order valence-corrected chi connectivity index (χ1v) is 8.26. The molecule has 108 valence electrons. The van der Waals surface area contributed by atoms with Crippen LogP contribution < -0.4 is 5.32 Å². The molecule has 0 saturated carbocycles. The van der Waals surface area contributed by atoms with Gasteiger partial charge in [0, 0.05) is 32.6 Å². The number of carbonyl (C=O) groups is 1. The highest BCUT2D eigenvalue weighted by Crippen LogP contribution is 1.99. The largest absolute Gasteiger partial charge is 0.343 e. The summed E-state index contributed by atoms with van der Waals surface area (Å²) in [7, 11) is -2.98. The first-order chi connectivity index (χ1) is 8.35. The predicted octanol–water partition coefficient (Wildman–Crippen LogP) is 0.658. The molecule has 0 aromatic carbocycles. The summed E-state index contributed by atoms with van der Waals surface area (Å²) in [5.74, 6) is 0.239. The van der Waals surface area contributed by atoms with Crippen LogP contribution in [0.5, 0.6) is 0 Å². The fourth-order valence-electron chi connectivity index (χ4n) is 1.50. The molecule has 1 amide bonds. The molecule has 0 spiro atoms. The van der Waals surface area contributed by atoms with Crippen LogP contribution in [0.4, 0.5) is 0 Å². The van der Waals surface area contributed by atoms with Crippen molar-refractivity contribution in [2.24, 2.45) is 0 Å². The lowest BCUT2D eigenvalue weighted by molar-refractivity contribution is -0.130. The van der Waals surface area contributed by atoms with Crippen molar-refractivity contribution in [3.05, 3.63) is 0 Å². The van der Waals surface area contributed by atoms with Gasteiger partial charge in [-0.1, -0.05) is 0 Å². The summed E-state index contributed by atoms with van der Waals surface area (Å²) in [6.07, 6.45) is 0.420. The Hall–Kier alpha value is -0.620. The van der Waals surface area contributed by atoms with Crippen molar-refractivity contribution in [2.75, 3.05) is 31.9 Å². The van der Waals surface area contributed by atoms with Crippen molar-refractivity contribution in [3.63, 3.8) is 0 Å². The van der Waals surface area contributed by atoms with Gasteiger partial charge in [0.05, 0.1) is 11.0 Å². The summed E-state index contributed by atoms with van der Waals surface area (Å²) in [6.45, 7) is 9.63. The van der Waals surface area contributed by atoms with Crippen LogP contribution in [-0.2, 0) is 14.6 Å². The third-order valence-electron chi connectivity index (χ3n) is 2.91. The normalized spacial score (nSPS) is 11.8. The van der Waals surface area contributed by atoms with Crippen LogP contribution in [0.2, 0.25) is 0 Å². The molecule has 0 fully saturated rings. The van der Waals surface area contributed by atoms with E-state index in [1.165, 1.54) is 0 Å². The Kier molecular flexibility index (Phi) is 8.18. The van der Waals surface area contributed by atoms with Crippen LogP contribution in [0.25, 0.3) is 0 Å². The van der Waals surface area contributed by atoms with Gasteiger partial charge >= 0.3 is 0 Å². The van der Waals surface area contributed by atoms with Crippen molar-refractivity contribution < 1.29 is 13.2 Å². The van der Waals surface area contributed by atoms with Crippen LogP contribution in [0, 0.1) is 0 Å². The Morgan fingerprint density at radius 3 is 2.17 bits per heavy atom. The number of rotatable bonds is 9. The maximum atomic E-state index is 11.6. The summed E-state index contributed by atoms with van der Waals surface area (Å²) >= 11 is 0. The van der Waals surface area contributed by atoms with E-state index in [4.69, 9.17) is 0 Å². The molecule has 0 heterocycles. The number of nitrogens with one attached hydrogen (secondary N) is 1. The van der Waals surface area contributed by atoms with Gasteiger partial charge in [0.2, 0.25) is 5.91 Å². The van der Waals surface area contributed by atoms with Gasteiger partial charge in [-0.2, -0.15) is 0 Å². The Morgan fingerprint density at radius 2 is 1.72 bits per heavy atom. The first-order valence-electron chi connectivity index (χ1n) is 6.55. The van der Waals surface area contributed by atoms with Gasteiger partial charge in [0.25, 0.3) is 0 Å². The Balaban J connectivity index is 3.79. The van der Waals surface area contributed by atoms with E-state index in [2.05, 4.69) is 5.32 Å². The van der Waals surface area contributed by atoms with Crippen LogP contribution in [0.15, 0.2) is 0 Å². The SMILES string of the molecule is CCN(CC)C(=O)CCNCCS(=O)(=O)C(C)C. The summed E-state index contributed by atoms with van der Waals surface area (Å²) in [5, 5.41) is 2.67. The van der Waals surface area contributed by atoms with E-state index < -0.39 is 9.84 Å². The molecular weight excluding hydrogens is 252 g/mol. The van der Waals surface area contributed by atoms with Gasteiger partial charge < -0.3 is 10.2 Å². The zero-order valence-electron chi connectivity index (χ0n) is 11.9. The van der Waals surface area contributed by atoms with Crippen LogP contribution in [-0.4, -0.2) is 56.4 Å². The molecule has 0 aliphatic heterocycles. The van der Waals surface area contributed by atoms with Crippen LogP contribution >= 0.6 is 0 Å². The number of amides is 1. The van der Waals surface area contributed by atoms with Gasteiger partial charge in [-0.3, -0.25) is 4.79 Å².